The molecule has 2 atom stereocenters. The van der Waals surface area contributed by atoms with Crippen LogP contribution in [0.2, 0.25) is 0 Å². The van der Waals surface area contributed by atoms with Gasteiger partial charge in [0.1, 0.15) is 16.9 Å². The minimum Gasteiger partial charge on any atom is -0.459 e. The average Bonchev–Trinajstić information content (AvgIpc) is 3.12. The maximum absolute atomic E-state index is 5.88. The molecule has 2 heterocycles. The van der Waals surface area contributed by atoms with Crippen LogP contribution >= 0.6 is 0 Å². The Morgan fingerprint density at radius 3 is 2.95 bits per heavy atom. The summed E-state index contributed by atoms with van der Waals surface area (Å²) in [6.45, 7) is 4.30. The third-order valence-electron chi connectivity index (χ3n) is 4.10. The summed E-state index contributed by atoms with van der Waals surface area (Å²) < 4.78 is 17.0. The van der Waals surface area contributed by atoms with Crippen LogP contribution in [0, 0.1) is 0 Å². The van der Waals surface area contributed by atoms with Gasteiger partial charge in [-0.2, -0.15) is 0 Å². The smallest absolute Gasteiger partial charge is 0.134 e. The lowest BCUT2D eigenvalue weighted by atomic mass is 10.0. The maximum Gasteiger partial charge on any atom is 0.134 e. The molecule has 4 heteroatoms. The molecule has 1 fully saturated rings. The Kier molecular flexibility index (Phi) is 3.78. The number of furan rings is 1. The Labute approximate surface area is 119 Å². The van der Waals surface area contributed by atoms with Crippen molar-refractivity contribution in [2.24, 2.45) is 0 Å². The zero-order valence-corrected chi connectivity index (χ0v) is 12.0. The first-order chi connectivity index (χ1) is 9.72. The number of hydrogen-bond donors (Lipinski definition) is 1. The molecule has 1 aromatic carbocycles. The topological polar surface area (TPSA) is 43.6 Å². The van der Waals surface area contributed by atoms with Crippen molar-refractivity contribution in [3.8, 4) is 0 Å². The molecule has 1 N–H and O–H groups in total. The first-order valence-corrected chi connectivity index (χ1v) is 7.07. The Morgan fingerprint density at radius 1 is 1.40 bits per heavy atom. The van der Waals surface area contributed by atoms with Crippen molar-refractivity contribution in [3.05, 3.63) is 36.1 Å². The fourth-order valence-electron chi connectivity index (χ4n) is 2.62. The molecule has 2 aromatic rings. The van der Waals surface area contributed by atoms with Gasteiger partial charge in [-0.25, -0.2) is 0 Å². The van der Waals surface area contributed by atoms with E-state index in [9.17, 15) is 0 Å². The second-order valence-electron chi connectivity index (χ2n) is 5.48. The molecule has 3 rings (SSSR count). The zero-order valence-electron chi connectivity index (χ0n) is 12.0. The number of nitrogens with one attached hydrogen (secondary N) is 1. The van der Waals surface area contributed by atoms with Gasteiger partial charge in [0, 0.05) is 32.1 Å². The van der Waals surface area contributed by atoms with Gasteiger partial charge in [-0.3, -0.25) is 0 Å². The maximum atomic E-state index is 5.88. The van der Waals surface area contributed by atoms with Gasteiger partial charge in [-0.15, -0.1) is 0 Å². The Morgan fingerprint density at radius 2 is 2.25 bits per heavy atom. The SMILES string of the molecule is COC1(CNC(C)c2cc3ccccc3o2)CCOC1. The molecule has 2 unspecified atom stereocenters. The van der Waals surface area contributed by atoms with E-state index in [-0.39, 0.29) is 11.6 Å². The molecule has 0 spiro atoms. The van der Waals surface area contributed by atoms with E-state index in [1.54, 1.807) is 7.11 Å². The molecular formula is C16H21NO3. The third-order valence-corrected chi connectivity index (χ3v) is 4.10. The lowest BCUT2D eigenvalue weighted by molar-refractivity contribution is -0.0175. The van der Waals surface area contributed by atoms with Crippen molar-refractivity contribution >= 4 is 11.0 Å². The van der Waals surface area contributed by atoms with Gasteiger partial charge < -0.3 is 19.2 Å². The predicted octanol–water partition coefficient (Wildman–Crippen LogP) is 2.89. The quantitative estimate of drug-likeness (QED) is 0.911. The molecule has 1 saturated heterocycles. The summed E-state index contributed by atoms with van der Waals surface area (Å²) in [6.07, 6.45) is 0.934. The number of methoxy groups -OCH3 is 1. The van der Waals surface area contributed by atoms with Crippen molar-refractivity contribution in [2.75, 3.05) is 26.9 Å². The van der Waals surface area contributed by atoms with Crippen LogP contribution in [0.25, 0.3) is 11.0 Å². The number of benzene rings is 1. The van der Waals surface area contributed by atoms with E-state index < -0.39 is 0 Å². The van der Waals surface area contributed by atoms with E-state index in [0.717, 1.165) is 36.3 Å². The molecule has 0 bridgehead atoms. The van der Waals surface area contributed by atoms with Gasteiger partial charge in [0.05, 0.1) is 12.6 Å². The Balaban J connectivity index is 1.68. The van der Waals surface area contributed by atoms with Crippen LogP contribution in [-0.4, -0.2) is 32.5 Å². The van der Waals surface area contributed by atoms with E-state index in [1.807, 2.05) is 18.2 Å². The van der Waals surface area contributed by atoms with E-state index in [0.29, 0.717) is 6.61 Å². The molecule has 0 amide bonds. The molecule has 0 radical (unpaired) electrons. The second-order valence-corrected chi connectivity index (χ2v) is 5.48. The lowest BCUT2D eigenvalue weighted by Crippen LogP contribution is -2.43. The number of para-hydroxylation sites is 1. The van der Waals surface area contributed by atoms with Crippen LogP contribution in [0.1, 0.15) is 25.1 Å². The van der Waals surface area contributed by atoms with Crippen LogP contribution in [0.4, 0.5) is 0 Å². The van der Waals surface area contributed by atoms with Crippen molar-refractivity contribution in [3.63, 3.8) is 0 Å². The van der Waals surface area contributed by atoms with Crippen LogP contribution in [0.3, 0.4) is 0 Å². The van der Waals surface area contributed by atoms with E-state index in [1.165, 1.54) is 0 Å². The largest absolute Gasteiger partial charge is 0.459 e. The van der Waals surface area contributed by atoms with Gasteiger partial charge in [0.15, 0.2) is 0 Å². The molecule has 0 aliphatic carbocycles. The molecule has 4 nitrogen and oxygen atoms in total. The number of ether oxygens (including phenoxy) is 2. The lowest BCUT2D eigenvalue weighted by Gasteiger charge is -2.27. The number of fused-ring (bicyclic) bond motifs is 1. The highest BCUT2D eigenvalue weighted by molar-refractivity contribution is 5.77. The highest BCUT2D eigenvalue weighted by atomic mass is 16.5. The van der Waals surface area contributed by atoms with Crippen LogP contribution in [0.5, 0.6) is 0 Å². The van der Waals surface area contributed by atoms with Crippen molar-refractivity contribution in [1.82, 2.24) is 5.32 Å². The first-order valence-electron chi connectivity index (χ1n) is 7.07. The second kappa shape index (κ2) is 5.56. The summed E-state index contributed by atoms with van der Waals surface area (Å²) in [5.74, 6) is 0.955. The minimum absolute atomic E-state index is 0.148. The summed E-state index contributed by atoms with van der Waals surface area (Å²) in [4.78, 5) is 0. The summed E-state index contributed by atoms with van der Waals surface area (Å²) in [7, 11) is 1.75. The van der Waals surface area contributed by atoms with Crippen molar-refractivity contribution < 1.29 is 13.9 Å². The van der Waals surface area contributed by atoms with Gasteiger partial charge in [0.25, 0.3) is 0 Å². The molecular weight excluding hydrogens is 254 g/mol. The number of hydrogen-bond acceptors (Lipinski definition) is 4. The summed E-state index contributed by atoms with van der Waals surface area (Å²) in [5.41, 5.74) is 0.738. The molecule has 1 aliphatic rings. The van der Waals surface area contributed by atoms with Crippen LogP contribution in [0.15, 0.2) is 34.7 Å². The Bertz CT molecular complexity index is 539. The van der Waals surface area contributed by atoms with E-state index in [2.05, 4.69) is 24.4 Å². The predicted molar refractivity (Wildman–Crippen MR) is 77.8 cm³/mol. The van der Waals surface area contributed by atoms with Crippen LogP contribution in [-0.2, 0) is 9.47 Å². The van der Waals surface area contributed by atoms with Gasteiger partial charge in [0.2, 0.25) is 0 Å². The molecule has 20 heavy (non-hydrogen) atoms. The Hall–Kier alpha value is -1.36. The summed E-state index contributed by atoms with van der Waals surface area (Å²) in [5, 5.41) is 4.64. The molecule has 0 saturated carbocycles. The van der Waals surface area contributed by atoms with Gasteiger partial charge >= 0.3 is 0 Å². The fourth-order valence-corrected chi connectivity index (χ4v) is 2.62. The molecule has 1 aliphatic heterocycles. The van der Waals surface area contributed by atoms with Crippen molar-refractivity contribution in [1.29, 1.82) is 0 Å². The summed E-state index contributed by atoms with van der Waals surface area (Å²) >= 11 is 0. The van der Waals surface area contributed by atoms with Crippen LogP contribution < -0.4 is 5.32 Å². The highest BCUT2D eigenvalue weighted by Gasteiger charge is 2.35. The van der Waals surface area contributed by atoms with Gasteiger partial charge in [-0.05, 0) is 19.1 Å². The number of rotatable bonds is 5. The standard InChI is InChI=1S/C16H21NO3/c1-12(17-10-16(18-2)7-8-19-11-16)15-9-13-5-3-4-6-14(13)20-15/h3-6,9,12,17H,7-8,10-11H2,1-2H3. The monoisotopic (exact) mass is 275 g/mol. The normalized spacial score (nSPS) is 24.3. The van der Waals surface area contributed by atoms with Gasteiger partial charge in [-0.1, -0.05) is 18.2 Å². The highest BCUT2D eigenvalue weighted by Crippen LogP contribution is 2.26. The zero-order chi connectivity index (χ0) is 14.0. The fraction of sp³-hybridized carbons (Fsp3) is 0.500. The van der Waals surface area contributed by atoms with E-state index >= 15 is 0 Å². The average molecular weight is 275 g/mol. The summed E-state index contributed by atoms with van der Waals surface area (Å²) in [6, 6.07) is 10.3. The minimum atomic E-state index is -0.194. The third kappa shape index (κ3) is 2.59. The first kappa shape index (κ1) is 13.6. The van der Waals surface area contributed by atoms with E-state index in [4.69, 9.17) is 13.9 Å². The van der Waals surface area contributed by atoms with Crippen molar-refractivity contribution in [2.45, 2.75) is 25.0 Å². The molecule has 1 aromatic heterocycles. The molecule has 108 valence electrons.